The first-order valence-corrected chi connectivity index (χ1v) is 12.6. The Labute approximate surface area is 214 Å². The van der Waals surface area contributed by atoms with E-state index in [0.29, 0.717) is 5.57 Å². The van der Waals surface area contributed by atoms with Crippen LogP contribution in [-0.4, -0.2) is 45.9 Å². The topological polar surface area (TPSA) is 68.2 Å². The van der Waals surface area contributed by atoms with Crippen LogP contribution in [0.25, 0.3) is 0 Å². The van der Waals surface area contributed by atoms with Gasteiger partial charge in [0.2, 0.25) is 0 Å². The van der Waals surface area contributed by atoms with Crippen molar-refractivity contribution in [3.8, 4) is 5.75 Å². The Hall–Kier alpha value is -3.84. The first-order chi connectivity index (χ1) is 17.5. The van der Waals surface area contributed by atoms with Crippen molar-refractivity contribution in [2.45, 2.75) is 30.5 Å². The number of hydrogen-bond donors (Lipinski definition) is 0. The van der Waals surface area contributed by atoms with Crippen molar-refractivity contribution in [1.29, 1.82) is 0 Å². The van der Waals surface area contributed by atoms with E-state index < -0.39 is 24.2 Å². The Bertz CT molecular complexity index is 1240. The number of para-hydroxylation sites is 1. The second-order valence-electron chi connectivity index (χ2n) is 8.71. The highest BCUT2D eigenvalue weighted by atomic mass is 32.2. The van der Waals surface area contributed by atoms with Crippen LogP contribution in [0, 0.1) is 0 Å². The fraction of sp³-hybridized carbons (Fsp3) is 0.207. The van der Waals surface area contributed by atoms with Crippen LogP contribution in [0.3, 0.4) is 0 Å². The summed E-state index contributed by atoms with van der Waals surface area (Å²) >= 11 is 1.45. The number of amides is 1. The van der Waals surface area contributed by atoms with Gasteiger partial charge in [0.1, 0.15) is 22.8 Å². The third-order valence-corrected chi connectivity index (χ3v) is 7.33. The molecule has 2 aliphatic heterocycles. The lowest BCUT2D eigenvalue weighted by atomic mass is 9.98. The molecule has 0 aliphatic carbocycles. The van der Waals surface area contributed by atoms with Crippen molar-refractivity contribution in [2.75, 3.05) is 6.61 Å². The van der Waals surface area contributed by atoms with Crippen molar-refractivity contribution in [2.24, 2.45) is 4.99 Å². The predicted molar refractivity (Wildman–Crippen MR) is 141 cm³/mol. The minimum atomic E-state index is -0.897. The standard InChI is InChI=1S/C29H26N2O4S/c1-19(2)25(29(33)35-26(20-12-6-3-7-13-20)21-14-8-4-9-15-21)31-27(32)24-28(31)36-23(30-24)18-34-22-16-10-5-11-17-22/h3-17,24-26,28H,1,18H2,2H3/t24-,25?,28-/m1/s1. The molecule has 0 bridgehead atoms. The van der Waals surface area contributed by atoms with Crippen LogP contribution in [0.2, 0.25) is 0 Å². The zero-order valence-corrected chi connectivity index (χ0v) is 20.6. The van der Waals surface area contributed by atoms with Crippen molar-refractivity contribution >= 4 is 28.7 Å². The number of nitrogens with zero attached hydrogens (tertiary/aromatic N) is 2. The van der Waals surface area contributed by atoms with E-state index in [0.717, 1.165) is 21.9 Å². The molecule has 3 atom stereocenters. The van der Waals surface area contributed by atoms with Crippen molar-refractivity contribution in [1.82, 2.24) is 4.90 Å². The van der Waals surface area contributed by atoms with Gasteiger partial charge >= 0.3 is 5.97 Å². The number of hydrogen-bond acceptors (Lipinski definition) is 6. The number of β-lactam (4-membered cyclic amide) rings is 1. The average Bonchev–Trinajstić information content (AvgIpc) is 3.29. The quantitative estimate of drug-likeness (QED) is 0.235. The molecule has 7 heteroatoms. The maximum Gasteiger partial charge on any atom is 0.334 e. The zero-order valence-electron chi connectivity index (χ0n) is 19.8. The molecule has 0 N–H and O–H groups in total. The molecule has 6 nitrogen and oxygen atoms in total. The van der Waals surface area contributed by atoms with E-state index in [1.165, 1.54) is 11.8 Å². The number of thioether (sulfide) groups is 1. The lowest BCUT2D eigenvalue weighted by Gasteiger charge is -2.45. The molecule has 182 valence electrons. The number of carbonyl (C=O) groups excluding carboxylic acids is 2. The van der Waals surface area contributed by atoms with Crippen LogP contribution in [0.15, 0.2) is 108 Å². The molecule has 1 amide bonds. The molecule has 2 aliphatic rings. The highest BCUT2D eigenvalue weighted by molar-refractivity contribution is 8.15. The summed E-state index contributed by atoms with van der Waals surface area (Å²) < 4.78 is 11.9. The summed E-state index contributed by atoms with van der Waals surface area (Å²) in [6.07, 6.45) is -0.601. The summed E-state index contributed by atoms with van der Waals surface area (Å²) in [7, 11) is 0. The van der Waals surface area contributed by atoms with Gasteiger partial charge in [0, 0.05) is 0 Å². The SMILES string of the molecule is C=C(C)C(C(=O)OC(c1ccccc1)c1ccccc1)N1C(=O)[C@H]2N=C(COc3ccccc3)S[C@H]21. The molecule has 0 aromatic heterocycles. The van der Waals surface area contributed by atoms with E-state index in [2.05, 4.69) is 11.6 Å². The van der Waals surface area contributed by atoms with Crippen LogP contribution in [0.4, 0.5) is 0 Å². The second kappa shape index (κ2) is 10.4. The average molecular weight is 499 g/mol. The monoisotopic (exact) mass is 498 g/mol. The first-order valence-electron chi connectivity index (χ1n) is 11.7. The van der Waals surface area contributed by atoms with Crippen molar-refractivity contribution in [3.63, 3.8) is 0 Å². The van der Waals surface area contributed by atoms with Gasteiger partial charge in [-0.15, -0.1) is 0 Å². The maximum atomic E-state index is 13.6. The minimum absolute atomic E-state index is 0.205. The number of carbonyl (C=O) groups is 2. The normalized spacial score (nSPS) is 19.2. The minimum Gasteiger partial charge on any atom is -0.487 e. The summed E-state index contributed by atoms with van der Waals surface area (Å²) in [5.74, 6) is 0.0178. The summed E-state index contributed by atoms with van der Waals surface area (Å²) in [5.41, 5.74) is 2.25. The van der Waals surface area contributed by atoms with E-state index in [1.807, 2.05) is 91.0 Å². The molecule has 3 aromatic rings. The molecule has 3 aromatic carbocycles. The molecule has 0 saturated carbocycles. The van der Waals surface area contributed by atoms with Gasteiger partial charge in [-0.3, -0.25) is 9.79 Å². The Morgan fingerprint density at radius 3 is 2.08 bits per heavy atom. The molecular weight excluding hydrogens is 472 g/mol. The largest absolute Gasteiger partial charge is 0.487 e. The fourth-order valence-corrected chi connectivity index (χ4v) is 5.58. The van der Waals surface area contributed by atoms with Gasteiger partial charge in [0.05, 0.1) is 0 Å². The van der Waals surface area contributed by atoms with Crippen molar-refractivity contribution < 1.29 is 19.1 Å². The van der Waals surface area contributed by atoms with Gasteiger partial charge < -0.3 is 14.4 Å². The molecule has 5 rings (SSSR count). The van der Waals surface area contributed by atoms with Crippen LogP contribution in [0.1, 0.15) is 24.2 Å². The third kappa shape index (κ3) is 4.79. The number of ether oxygens (including phenoxy) is 2. The molecule has 2 heterocycles. The third-order valence-electron chi connectivity index (χ3n) is 6.10. The summed E-state index contributed by atoms with van der Waals surface area (Å²) in [6.45, 7) is 6.03. The summed E-state index contributed by atoms with van der Waals surface area (Å²) in [6, 6.07) is 27.2. The van der Waals surface area contributed by atoms with Gasteiger partial charge in [-0.2, -0.15) is 0 Å². The molecule has 1 saturated heterocycles. The fourth-order valence-electron chi connectivity index (χ4n) is 4.36. The van der Waals surface area contributed by atoms with Crippen LogP contribution in [-0.2, 0) is 14.3 Å². The maximum absolute atomic E-state index is 13.6. The van der Waals surface area contributed by atoms with Crippen LogP contribution in [0.5, 0.6) is 5.75 Å². The van der Waals surface area contributed by atoms with Crippen LogP contribution >= 0.6 is 11.8 Å². The summed E-state index contributed by atoms with van der Waals surface area (Å²) in [5, 5.41) is 0.443. The number of esters is 1. The Balaban J connectivity index is 1.31. The summed E-state index contributed by atoms with van der Waals surface area (Å²) in [4.78, 5) is 32.7. The Kier molecular flexibility index (Phi) is 6.91. The molecule has 1 fully saturated rings. The number of benzene rings is 3. The van der Waals surface area contributed by atoms with Gasteiger partial charge in [-0.25, -0.2) is 4.79 Å². The van der Waals surface area contributed by atoms with E-state index in [9.17, 15) is 9.59 Å². The predicted octanol–water partition coefficient (Wildman–Crippen LogP) is 5.03. The number of aliphatic imine (C=N–C) groups is 1. The van der Waals surface area contributed by atoms with E-state index in [1.54, 1.807) is 11.8 Å². The van der Waals surface area contributed by atoms with Gasteiger partial charge in [-0.05, 0) is 35.8 Å². The first kappa shape index (κ1) is 23.9. The second-order valence-corrected chi connectivity index (χ2v) is 9.90. The van der Waals surface area contributed by atoms with Crippen LogP contribution < -0.4 is 4.74 Å². The lowest BCUT2D eigenvalue weighted by molar-refractivity contribution is -0.163. The molecule has 0 spiro atoms. The highest BCUT2D eigenvalue weighted by Crippen LogP contribution is 2.42. The van der Waals surface area contributed by atoms with Gasteiger partial charge in [0.25, 0.3) is 5.91 Å². The highest BCUT2D eigenvalue weighted by Gasteiger charge is 2.56. The number of rotatable bonds is 9. The van der Waals surface area contributed by atoms with Gasteiger partial charge in [0.15, 0.2) is 18.2 Å². The molecular formula is C29H26N2O4S. The number of likely N-dealkylation sites (tertiary alicyclic amines) is 1. The van der Waals surface area contributed by atoms with Crippen molar-refractivity contribution in [3.05, 3.63) is 114 Å². The number of fused-ring (bicyclic) bond motifs is 1. The smallest absolute Gasteiger partial charge is 0.334 e. The lowest BCUT2D eigenvalue weighted by Crippen LogP contribution is -2.66. The van der Waals surface area contributed by atoms with E-state index in [4.69, 9.17) is 9.47 Å². The molecule has 0 radical (unpaired) electrons. The molecule has 1 unspecified atom stereocenters. The molecule has 36 heavy (non-hydrogen) atoms. The van der Waals surface area contributed by atoms with Gasteiger partial charge in [-0.1, -0.05) is 97.2 Å². The Morgan fingerprint density at radius 1 is 0.972 bits per heavy atom. The zero-order chi connectivity index (χ0) is 25.1. The Morgan fingerprint density at radius 2 is 1.53 bits per heavy atom. The van der Waals surface area contributed by atoms with E-state index in [-0.39, 0.29) is 17.9 Å². The van der Waals surface area contributed by atoms with E-state index >= 15 is 0 Å².